The lowest BCUT2D eigenvalue weighted by Crippen LogP contribution is -2.35. The van der Waals surface area contributed by atoms with Crippen molar-refractivity contribution in [1.29, 1.82) is 0 Å². The summed E-state index contributed by atoms with van der Waals surface area (Å²) >= 11 is 0. The molecule has 0 radical (unpaired) electrons. The second-order valence-corrected chi connectivity index (χ2v) is 5.64. The van der Waals surface area contributed by atoms with Gasteiger partial charge in [0.25, 0.3) is 0 Å². The zero-order valence-electron chi connectivity index (χ0n) is 12.2. The fourth-order valence-electron chi connectivity index (χ4n) is 2.91. The summed E-state index contributed by atoms with van der Waals surface area (Å²) in [6.45, 7) is 1.28. The highest BCUT2D eigenvalue weighted by molar-refractivity contribution is 6.00. The van der Waals surface area contributed by atoms with Crippen molar-refractivity contribution in [3.8, 4) is 0 Å². The molecule has 0 bridgehead atoms. The first kappa shape index (κ1) is 14.1. The van der Waals surface area contributed by atoms with Crippen LogP contribution in [0.2, 0.25) is 0 Å². The Balaban J connectivity index is 1.53. The predicted molar refractivity (Wildman–Crippen MR) is 79.2 cm³/mol. The Kier molecular flexibility index (Phi) is 3.92. The van der Waals surface area contributed by atoms with Crippen LogP contribution in [0.1, 0.15) is 24.0 Å². The van der Waals surface area contributed by atoms with Gasteiger partial charge in [-0.2, -0.15) is 0 Å². The molecule has 0 spiro atoms. The molecule has 2 amide bonds. The van der Waals surface area contributed by atoms with Gasteiger partial charge in [0.2, 0.25) is 11.8 Å². The largest absolute Gasteiger partial charge is 0.368 e. The second-order valence-electron chi connectivity index (χ2n) is 5.64. The van der Waals surface area contributed by atoms with E-state index in [1.54, 1.807) is 11.9 Å². The Morgan fingerprint density at radius 2 is 2.33 bits per heavy atom. The van der Waals surface area contributed by atoms with Gasteiger partial charge in [-0.3, -0.25) is 9.59 Å². The summed E-state index contributed by atoms with van der Waals surface area (Å²) < 4.78 is 5.35. The van der Waals surface area contributed by atoms with Crippen LogP contribution in [0.4, 0.5) is 5.69 Å². The SMILES string of the molecule is CN1C(=O)Cc2cc(CCNC(=O)C3CCCO3)ccc21. The van der Waals surface area contributed by atoms with Gasteiger partial charge in [0.05, 0.1) is 6.42 Å². The molecule has 1 unspecified atom stereocenters. The lowest BCUT2D eigenvalue weighted by molar-refractivity contribution is -0.130. The van der Waals surface area contributed by atoms with Gasteiger partial charge in [0.1, 0.15) is 6.10 Å². The molecule has 1 saturated heterocycles. The van der Waals surface area contributed by atoms with Crippen molar-refractivity contribution >= 4 is 17.5 Å². The first-order chi connectivity index (χ1) is 10.1. The smallest absolute Gasteiger partial charge is 0.249 e. The van der Waals surface area contributed by atoms with Gasteiger partial charge in [-0.1, -0.05) is 12.1 Å². The highest BCUT2D eigenvalue weighted by Crippen LogP contribution is 2.28. The number of carbonyl (C=O) groups is 2. The van der Waals surface area contributed by atoms with Crippen LogP contribution in [-0.2, 0) is 27.2 Å². The summed E-state index contributed by atoms with van der Waals surface area (Å²) in [4.78, 5) is 25.2. The number of carbonyl (C=O) groups excluding carboxylic acids is 2. The first-order valence-electron chi connectivity index (χ1n) is 7.43. The molecule has 3 rings (SSSR count). The van der Waals surface area contributed by atoms with E-state index in [9.17, 15) is 9.59 Å². The van der Waals surface area contributed by atoms with E-state index >= 15 is 0 Å². The van der Waals surface area contributed by atoms with E-state index in [4.69, 9.17) is 4.74 Å². The van der Waals surface area contributed by atoms with Crippen LogP contribution in [0, 0.1) is 0 Å². The molecule has 1 N–H and O–H groups in total. The molecular weight excluding hydrogens is 268 g/mol. The van der Waals surface area contributed by atoms with Gasteiger partial charge in [-0.25, -0.2) is 0 Å². The standard InChI is InChI=1S/C16H20N2O3/c1-18-13-5-4-11(9-12(13)10-15(18)19)6-7-17-16(20)14-3-2-8-21-14/h4-5,9,14H,2-3,6-8,10H2,1H3,(H,17,20). The molecule has 0 aromatic heterocycles. The Labute approximate surface area is 124 Å². The number of rotatable bonds is 4. The quantitative estimate of drug-likeness (QED) is 0.900. The summed E-state index contributed by atoms with van der Waals surface area (Å²) in [5.41, 5.74) is 3.21. The molecule has 112 valence electrons. The van der Waals surface area contributed by atoms with Crippen LogP contribution in [0.3, 0.4) is 0 Å². The molecule has 1 atom stereocenters. The van der Waals surface area contributed by atoms with Crippen molar-refractivity contribution in [3.63, 3.8) is 0 Å². The molecule has 2 aliphatic rings. The van der Waals surface area contributed by atoms with Crippen molar-refractivity contribution in [2.45, 2.75) is 31.8 Å². The van der Waals surface area contributed by atoms with E-state index in [0.29, 0.717) is 19.6 Å². The molecule has 1 aromatic rings. The van der Waals surface area contributed by atoms with Gasteiger partial charge in [0.15, 0.2) is 0 Å². The Hall–Kier alpha value is -1.88. The van der Waals surface area contributed by atoms with E-state index in [-0.39, 0.29) is 17.9 Å². The third-order valence-electron chi connectivity index (χ3n) is 4.16. The zero-order valence-corrected chi connectivity index (χ0v) is 12.2. The van der Waals surface area contributed by atoms with Gasteiger partial charge in [-0.15, -0.1) is 0 Å². The monoisotopic (exact) mass is 288 g/mol. The van der Waals surface area contributed by atoms with Gasteiger partial charge in [-0.05, 0) is 36.5 Å². The normalized spacial score (nSPS) is 20.7. The van der Waals surface area contributed by atoms with Crippen LogP contribution in [0.5, 0.6) is 0 Å². The number of nitrogens with zero attached hydrogens (tertiary/aromatic N) is 1. The number of fused-ring (bicyclic) bond motifs is 1. The third kappa shape index (κ3) is 2.93. The fourth-order valence-corrected chi connectivity index (χ4v) is 2.91. The highest BCUT2D eigenvalue weighted by Gasteiger charge is 2.24. The minimum Gasteiger partial charge on any atom is -0.368 e. The number of benzene rings is 1. The number of hydrogen-bond donors (Lipinski definition) is 1. The van der Waals surface area contributed by atoms with E-state index in [1.165, 1.54) is 0 Å². The molecule has 5 heteroatoms. The van der Waals surface area contributed by atoms with Crippen LogP contribution < -0.4 is 10.2 Å². The maximum absolute atomic E-state index is 11.8. The number of amides is 2. The van der Waals surface area contributed by atoms with Crippen molar-refractivity contribution in [2.75, 3.05) is 25.1 Å². The summed E-state index contributed by atoms with van der Waals surface area (Å²) in [5, 5.41) is 2.92. The minimum absolute atomic E-state index is 0.0106. The highest BCUT2D eigenvalue weighted by atomic mass is 16.5. The van der Waals surface area contributed by atoms with Gasteiger partial charge < -0.3 is 15.0 Å². The van der Waals surface area contributed by atoms with Crippen molar-refractivity contribution in [2.24, 2.45) is 0 Å². The predicted octanol–water partition coefficient (Wildman–Crippen LogP) is 1.04. The lowest BCUT2D eigenvalue weighted by Gasteiger charge is -2.12. The van der Waals surface area contributed by atoms with Crippen molar-refractivity contribution < 1.29 is 14.3 Å². The average Bonchev–Trinajstić information content (AvgIpc) is 3.09. The molecule has 0 saturated carbocycles. The second kappa shape index (κ2) is 5.85. The van der Waals surface area contributed by atoms with E-state index < -0.39 is 0 Å². The van der Waals surface area contributed by atoms with E-state index in [2.05, 4.69) is 11.4 Å². The van der Waals surface area contributed by atoms with Crippen LogP contribution in [0.25, 0.3) is 0 Å². The van der Waals surface area contributed by atoms with Crippen LogP contribution >= 0.6 is 0 Å². The van der Waals surface area contributed by atoms with E-state index in [1.807, 2.05) is 12.1 Å². The molecule has 0 aliphatic carbocycles. The van der Waals surface area contributed by atoms with Crippen molar-refractivity contribution in [1.82, 2.24) is 5.32 Å². The van der Waals surface area contributed by atoms with Gasteiger partial charge in [0, 0.05) is 25.9 Å². The Morgan fingerprint density at radius 1 is 1.48 bits per heavy atom. The molecular formula is C16H20N2O3. The molecule has 1 aromatic carbocycles. The molecule has 1 fully saturated rings. The Bertz CT molecular complexity index is 565. The van der Waals surface area contributed by atoms with Crippen LogP contribution in [0.15, 0.2) is 18.2 Å². The molecule has 5 nitrogen and oxygen atoms in total. The van der Waals surface area contributed by atoms with Crippen molar-refractivity contribution in [3.05, 3.63) is 29.3 Å². The van der Waals surface area contributed by atoms with E-state index in [0.717, 1.165) is 36.1 Å². The summed E-state index contributed by atoms with van der Waals surface area (Å²) in [6.07, 6.45) is 2.76. The topological polar surface area (TPSA) is 58.6 Å². The van der Waals surface area contributed by atoms with Gasteiger partial charge >= 0.3 is 0 Å². The minimum atomic E-state index is -0.267. The number of nitrogens with one attached hydrogen (secondary N) is 1. The number of ether oxygens (including phenoxy) is 1. The molecule has 2 heterocycles. The maximum Gasteiger partial charge on any atom is 0.249 e. The average molecular weight is 288 g/mol. The number of likely N-dealkylation sites (N-methyl/N-ethyl adjacent to an activating group) is 1. The number of hydrogen-bond acceptors (Lipinski definition) is 3. The molecule has 2 aliphatic heterocycles. The summed E-state index contributed by atoms with van der Waals surface area (Å²) in [7, 11) is 1.80. The van der Waals surface area contributed by atoms with Crippen LogP contribution in [-0.4, -0.2) is 38.1 Å². The molecule has 21 heavy (non-hydrogen) atoms. The summed E-state index contributed by atoms with van der Waals surface area (Å²) in [6, 6.07) is 6.07. The fraction of sp³-hybridized carbons (Fsp3) is 0.500. The first-order valence-corrected chi connectivity index (χ1v) is 7.43. The maximum atomic E-state index is 11.8. The third-order valence-corrected chi connectivity index (χ3v) is 4.16. The Morgan fingerprint density at radius 3 is 3.10 bits per heavy atom. The summed E-state index contributed by atoms with van der Waals surface area (Å²) in [5.74, 6) is 0.123. The zero-order chi connectivity index (χ0) is 14.8. The number of anilines is 1. The lowest BCUT2D eigenvalue weighted by atomic mass is 10.1.